The fourth-order valence-electron chi connectivity index (χ4n) is 2.05. The molecule has 0 unspecified atom stereocenters. The zero-order valence-corrected chi connectivity index (χ0v) is 12.4. The van der Waals surface area contributed by atoms with Crippen LogP contribution >= 0.6 is 11.6 Å². The minimum atomic E-state index is 0.669. The summed E-state index contributed by atoms with van der Waals surface area (Å²) in [6.07, 6.45) is 0. The second-order valence-electron chi connectivity index (χ2n) is 4.69. The molecule has 1 heterocycles. The van der Waals surface area contributed by atoms with Crippen LogP contribution in [-0.4, -0.2) is 19.3 Å². The molecule has 0 radical (unpaired) electrons. The van der Waals surface area contributed by atoms with Gasteiger partial charge in [0, 0.05) is 26.2 Å². The van der Waals surface area contributed by atoms with Crippen LogP contribution in [0, 0.1) is 13.8 Å². The smallest absolute Gasteiger partial charge is 0.138 e. The van der Waals surface area contributed by atoms with Crippen molar-refractivity contribution in [2.45, 2.75) is 20.4 Å². The van der Waals surface area contributed by atoms with Gasteiger partial charge in [0.15, 0.2) is 0 Å². The number of aromatic nitrogens is 1. The molecule has 0 aliphatic carbocycles. The maximum absolute atomic E-state index is 6.24. The molecule has 0 amide bonds. The highest BCUT2D eigenvalue weighted by Gasteiger charge is 2.12. The van der Waals surface area contributed by atoms with E-state index in [-0.39, 0.29) is 0 Å². The van der Waals surface area contributed by atoms with E-state index in [1.165, 1.54) is 0 Å². The zero-order valence-electron chi connectivity index (χ0n) is 11.6. The predicted octanol–water partition coefficient (Wildman–Crippen LogP) is 3.62. The second kappa shape index (κ2) is 5.53. The molecular weight excluding hydrogens is 262 g/mol. The summed E-state index contributed by atoms with van der Waals surface area (Å²) in [5, 5.41) is 8.08. The van der Waals surface area contributed by atoms with Crippen molar-refractivity contribution in [2.75, 3.05) is 24.3 Å². The number of nitrogens with one attached hydrogen (secondary N) is 1. The third kappa shape index (κ3) is 2.84. The van der Waals surface area contributed by atoms with Crippen molar-refractivity contribution >= 4 is 23.0 Å². The minimum absolute atomic E-state index is 0.669. The molecule has 0 aliphatic heterocycles. The van der Waals surface area contributed by atoms with Crippen LogP contribution in [0.5, 0.6) is 0 Å². The van der Waals surface area contributed by atoms with Crippen LogP contribution in [0.1, 0.15) is 17.0 Å². The Morgan fingerprint density at radius 1 is 1.32 bits per heavy atom. The number of rotatable bonds is 4. The monoisotopic (exact) mass is 279 g/mol. The van der Waals surface area contributed by atoms with Crippen LogP contribution < -0.4 is 10.2 Å². The van der Waals surface area contributed by atoms with Gasteiger partial charge < -0.3 is 14.7 Å². The summed E-state index contributed by atoms with van der Waals surface area (Å²) in [7, 11) is 3.95. The first-order valence-corrected chi connectivity index (χ1v) is 6.50. The van der Waals surface area contributed by atoms with E-state index >= 15 is 0 Å². The van der Waals surface area contributed by atoms with Gasteiger partial charge in [-0.3, -0.25) is 0 Å². The molecule has 2 aromatic rings. The molecule has 0 bridgehead atoms. The van der Waals surface area contributed by atoms with E-state index in [1.54, 1.807) is 0 Å². The second-order valence-corrected chi connectivity index (χ2v) is 5.09. The molecule has 19 heavy (non-hydrogen) atoms. The van der Waals surface area contributed by atoms with E-state index in [0.717, 1.165) is 33.4 Å². The summed E-state index contributed by atoms with van der Waals surface area (Å²) >= 11 is 6.24. The van der Waals surface area contributed by atoms with Crippen molar-refractivity contribution in [3.63, 3.8) is 0 Å². The average Bonchev–Trinajstić information content (AvgIpc) is 2.66. The van der Waals surface area contributed by atoms with Crippen LogP contribution in [0.15, 0.2) is 22.7 Å². The zero-order chi connectivity index (χ0) is 14.0. The molecule has 0 aliphatic rings. The molecule has 0 saturated carbocycles. The summed E-state index contributed by atoms with van der Waals surface area (Å²) in [5.41, 5.74) is 3.98. The highest BCUT2D eigenvalue weighted by Crippen LogP contribution is 2.32. The molecule has 0 saturated heterocycles. The molecular formula is C14H18ClN3O. The molecule has 0 fully saturated rings. The first-order valence-electron chi connectivity index (χ1n) is 6.12. The van der Waals surface area contributed by atoms with Gasteiger partial charge in [-0.15, -0.1) is 0 Å². The van der Waals surface area contributed by atoms with Gasteiger partial charge in [-0.1, -0.05) is 22.8 Å². The molecule has 0 atom stereocenters. The maximum Gasteiger partial charge on any atom is 0.138 e. The number of aryl methyl sites for hydroxylation is 2. The van der Waals surface area contributed by atoms with Crippen molar-refractivity contribution in [1.82, 2.24) is 5.16 Å². The summed E-state index contributed by atoms with van der Waals surface area (Å²) in [5.74, 6) is 0.846. The lowest BCUT2D eigenvalue weighted by molar-refractivity contribution is 0.392. The third-order valence-corrected chi connectivity index (χ3v) is 3.38. The van der Waals surface area contributed by atoms with Crippen molar-refractivity contribution < 1.29 is 4.52 Å². The number of para-hydroxylation sites is 1. The Labute approximate surface area is 118 Å². The first-order chi connectivity index (χ1) is 9.00. The van der Waals surface area contributed by atoms with E-state index in [0.29, 0.717) is 6.54 Å². The van der Waals surface area contributed by atoms with E-state index < -0.39 is 0 Å². The lowest BCUT2D eigenvalue weighted by Gasteiger charge is -2.20. The fourth-order valence-corrected chi connectivity index (χ4v) is 2.39. The number of nitrogens with zero attached hydrogens (tertiary/aromatic N) is 2. The van der Waals surface area contributed by atoms with Crippen LogP contribution in [0.2, 0.25) is 5.02 Å². The van der Waals surface area contributed by atoms with E-state index in [9.17, 15) is 0 Å². The van der Waals surface area contributed by atoms with Gasteiger partial charge in [0.05, 0.1) is 22.1 Å². The molecule has 1 aromatic carbocycles. The number of hydrogen-bond donors (Lipinski definition) is 1. The largest absolute Gasteiger partial charge is 0.379 e. The van der Waals surface area contributed by atoms with E-state index in [4.69, 9.17) is 16.1 Å². The van der Waals surface area contributed by atoms with Crippen LogP contribution in [0.3, 0.4) is 0 Å². The molecule has 2 rings (SSSR count). The van der Waals surface area contributed by atoms with Gasteiger partial charge in [-0.05, 0) is 26.0 Å². The predicted molar refractivity (Wildman–Crippen MR) is 79.1 cm³/mol. The molecule has 1 aromatic heterocycles. The highest BCUT2D eigenvalue weighted by atomic mass is 35.5. The minimum Gasteiger partial charge on any atom is -0.379 e. The van der Waals surface area contributed by atoms with E-state index in [1.807, 2.05) is 51.0 Å². The summed E-state index contributed by atoms with van der Waals surface area (Å²) in [6, 6.07) is 5.84. The van der Waals surface area contributed by atoms with Crippen molar-refractivity contribution in [1.29, 1.82) is 0 Å². The topological polar surface area (TPSA) is 41.3 Å². The quantitative estimate of drug-likeness (QED) is 0.928. The first kappa shape index (κ1) is 13.7. The molecule has 102 valence electrons. The molecule has 4 nitrogen and oxygen atoms in total. The molecule has 1 N–H and O–H groups in total. The van der Waals surface area contributed by atoms with Gasteiger partial charge in [-0.25, -0.2) is 0 Å². The number of anilines is 2. The van der Waals surface area contributed by atoms with Gasteiger partial charge >= 0.3 is 0 Å². The third-order valence-electron chi connectivity index (χ3n) is 3.07. The highest BCUT2D eigenvalue weighted by molar-refractivity contribution is 6.34. The van der Waals surface area contributed by atoms with E-state index in [2.05, 4.69) is 10.5 Å². The van der Waals surface area contributed by atoms with Gasteiger partial charge in [0.25, 0.3) is 0 Å². The lowest BCUT2D eigenvalue weighted by Crippen LogP contribution is -2.13. The molecule has 5 heteroatoms. The number of benzene rings is 1. The number of halogens is 1. The number of hydrogen-bond acceptors (Lipinski definition) is 4. The van der Waals surface area contributed by atoms with Crippen LogP contribution in [0.4, 0.5) is 11.4 Å². The van der Waals surface area contributed by atoms with Gasteiger partial charge in [0.1, 0.15) is 5.76 Å². The summed E-state index contributed by atoms with van der Waals surface area (Å²) in [4.78, 5) is 2.00. The Kier molecular flexibility index (Phi) is 4.00. The maximum atomic E-state index is 6.24. The Bertz CT molecular complexity index is 559. The van der Waals surface area contributed by atoms with Crippen LogP contribution in [0.25, 0.3) is 0 Å². The SMILES string of the molecule is Cc1noc(C)c1CNc1cccc(Cl)c1N(C)C. The molecule has 0 spiro atoms. The van der Waals surface area contributed by atoms with Crippen molar-refractivity contribution in [3.8, 4) is 0 Å². The van der Waals surface area contributed by atoms with Gasteiger partial charge in [0.2, 0.25) is 0 Å². The van der Waals surface area contributed by atoms with Gasteiger partial charge in [-0.2, -0.15) is 0 Å². The Hall–Kier alpha value is -1.68. The Balaban J connectivity index is 2.23. The van der Waals surface area contributed by atoms with Crippen molar-refractivity contribution in [2.24, 2.45) is 0 Å². The lowest BCUT2D eigenvalue weighted by atomic mass is 10.2. The van der Waals surface area contributed by atoms with Crippen molar-refractivity contribution in [3.05, 3.63) is 40.2 Å². The fraction of sp³-hybridized carbons (Fsp3) is 0.357. The Morgan fingerprint density at radius 2 is 2.05 bits per heavy atom. The standard InChI is InChI=1S/C14H18ClN3O/c1-9-11(10(2)19-17-9)8-16-13-7-5-6-12(15)14(13)18(3)4/h5-7,16H,8H2,1-4H3. The summed E-state index contributed by atoms with van der Waals surface area (Å²) in [6.45, 7) is 4.53. The van der Waals surface area contributed by atoms with Crippen LogP contribution in [-0.2, 0) is 6.54 Å². The normalized spacial score (nSPS) is 10.6. The summed E-state index contributed by atoms with van der Waals surface area (Å²) < 4.78 is 5.16. The average molecular weight is 280 g/mol. The Morgan fingerprint density at radius 3 is 2.63 bits per heavy atom.